The van der Waals surface area contributed by atoms with Crippen molar-refractivity contribution in [2.75, 3.05) is 6.61 Å². The summed E-state index contributed by atoms with van der Waals surface area (Å²) >= 11 is 0. The number of nitrogens with two attached hydrogens (primary N) is 1. The molecule has 0 radical (unpaired) electrons. The first-order chi connectivity index (χ1) is 6.28. The van der Waals surface area contributed by atoms with Gasteiger partial charge in [0.15, 0.2) is 5.79 Å². The van der Waals surface area contributed by atoms with Gasteiger partial charge in [-0.25, -0.2) is 8.78 Å². The fourth-order valence-corrected chi connectivity index (χ4v) is 1.28. The molecule has 82 valence electrons. The van der Waals surface area contributed by atoms with E-state index in [1.807, 2.05) is 0 Å². The first-order valence-corrected chi connectivity index (χ1v) is 4.37. The van der Waals surface area contributed by atoms with E-state index in [4.69, 9.17) is 15.2 Å². The first-order valence-electron chi connectivity index (χ1n) is 4.37. The van der Waals surface area contributed by atoms with E-state index >= 15 is 0 Å². The summed E-state index contributed by atoms with van der Waals surface area (Å²) in [5, 5.41) is 0. The molecule has 2 atom stereocenters. The summed E-state index contributed by atoms with van der Waals surface area (Å²) in [6, 6.07) is -1.42. The van der Waals surface area contributed by atoms with Crippen molar-refractivity contribution in [2.24, 2.45) is 5.73 Å². The lowest BCUT2D eigenvalue weighted by atomic mass is 10.1. The van der Waals surface area contributed by atoms with Crippen LogP contribution in [0.1, 0.15) is 13.8 Å². The quantitative estimate of drug-likeness (QED) is 0.709. The topological polar surface area (TPSA) is 44.5 Å². The van der Waals surface area contributed by atoms with Gasteiger partial charge in [-0.15, -0.1) is 0 Å². The van der Waals surface area contributed by atoms with Gasteiger partial charge < -0.3 is 15.2 Å². The molecule has 1 saturated heterocycles. The summed E-state index contributed by atoms with van der Waals surface area (Å²) in [4.78, 5) is 0. The van der Waals surface area contributed by atoms with Crippen molar-refractivity contribution >= 4 is 0 Å². The van der Waals surface area contributed by atoms with E-state index in [0.717, 1.165) is 0 Å². The molecule has 0 spiro atoms. The molecule has 1 aliphatic rings. The Hall–Kier alpha value is -0.520. The van der Waals surface area contributed by atoms with Gasteiger partial charge in [0.2, 0.25) is 0 Å². The van der Waals surface area contributed by atoms with Crippen molar-refractivity contribution in [3.8, 4) is 0 Å². The van der Waals surface area contributed by atoms with Crippen LogP contribution < -0.4 is 5.73 Å². The summed E-state index contributed by atoms with van der Waals surface area (Å²) in [5.41, 5.74) is 5.36. The Bertz CT molecular complexity index is 231. The van der Waals surface area contributed by atoms with Gasteiger partial charge in [-0.2, -0.15) is 0 Å². The van der Waals surface area contributed by atoms with E-state index in [1.54, 1.807) is 13.8 Å². The largest absolute Gasteiger partial charge is 0.348 e. The van der Waals surface area contributed by atoms with E-state index in [2.05, 4.69) is 6.58 Å². The average molecular weight is 207 g/mol. The third kappa shape index (κ3) is 2.29. The van der Waals surface area contributed by atoms with Gasteiger partial charge in [-0.3, -0.25) is 0 Å². The maximum absolute atomic E-state index is 13.1. The lowest BCUT2D eigenvalue weighted by molar-refractivity contribution is -0.149. The van der Waals surface area contributed by atoms with Crippen LogP contribution in [0.25, 0.3) is 0 Å². The zero-order valence-electron chi connectivity index (χ0n) is 8.30. The SMILES string of the molecule is C=CC(F)(F)C(N)C1COC(C)(C)O1. The molecule has 0 aliphatic carbocycles. The zero-order valence-corrected chi connectivity index (χ0v) is 8.30. The second-order valence-electron chi connectivity index (χ2n) is 3.77. The van der Waals surface area contributed by atoms with Crippen LogP contribution in [0.3, 0.4) is 0 Å². The maximum Gasteiger partial charge on any atom is 0.283 e. The fraction of sp³-hybridized carbons (Fsp3) is 0.778. The third-order valence-corrected chi connectivity index (χ3v) is 2.15. The smallest absolute Gasteiger partial charge is 0.283 e. The predicted molar refractivity (Wildman–Crippen MR) is 48.0 cm³/mol. The molecule has 2 unspecified atom stereocenters. The molecule has 0 aromatic rings. The third-order valence-electron chi connectivity index (χ3n) is 2.15. The molecule has 0 aromatic heterocycles. The lowest BCUT2D eigenvalue weighted by Crippen LogP contribution is -2.49. The van der Waals surface area contributed by atoms with Crippen molar-refractivity contribution < 1.29 is 18.3 Å². The highest BCUT2D eigenvalue weighted by Crippen LogP contribution is 2.29. The molecule has 1 fully saturated rings. The van der Waals surface area contributed by atoms with Crippen LogP contribution in [0.4, 0.5) is 8.78 Å². The van der Waals surface area contributed by atoms with Crippen LogP contribution in [0.15, 0.2) is 12.7 Å². The summed E-state index contributed by atoms with van der Waals surface area (Å²) in [5.74, 6) is -3.96. The molecular weight excluding hydrogens is 192 g/mol. The molecule has 0 aromatic carbocycles. The number of rotatable bonds is 3. The molecule has 1 rings (SSSR count). The van der Waals surface area contributed by atoms with Crippen LogP contribution in [0.5, 0.6) is 0 Å². The summed E-state index contributed by atoms with van der Waals surface area (Å²) in [6.45, 7) is 6.43. The van der Waals surface area contributed by atoms with Crippen LogP contribution in [-0.4, -0.2) is 30.5 Å². The molecule has 5 heteroatoms. The Morgan fingerprint density at radius 1 is 1.64 bits per heavy atom. The predicted octanol–water partition coefficient (Wildman–Crippen LogP) is 1.29. The minimum atomic E-state index is -3.13. The molecule has 0 saturated carbocycles. The van der Waals surface area contributed by atoms with Crippen molar-refractivity contribution in [1.29, 1.82) is 0 Å². The van der Waals surface area contributed by atoms with Gasteiger partial charge in [0, 0.05) is 0 Å². The Labute approximate surface area is 81.9 Å². The van der Waals surface area contributed by atoms with E-state index in [-0.39, 0.29) is 6.61 Å². The van der Waals surface area contributed by atoms with Crippen LogP contribution in [0, 0.1) is 0 Å². The maximum atomic E-state index is 13.1. The van der Waals surface area contributed by atoms with Crippen molar-refractivity contribution in [3.63, 3.8) is 0 Å². The van der Waals surface area contributed by atoms with Crippen molar-refractivity contribution in [1.82, 2.24) is 0 Å². The number of hydrogen-bond acceptors (Lipinski definition) is 3. The van der Waals surface area contributed by atoms with Crippen LogP contribution in [-0.2, 0) is 9.47 Å². The second kappa shape index (κ2) is 3.56. The van der Waals surface area contributed by atoms with E-state index in [1.165, 1.54) is 0 Å². The molecule has 14 heavy (non-hydrogen) atoms. The van der Waals surface area contributed by atoms with E-state index in [9.17, 15) is 8.78 Å². The minimum absolute atomic E-state index is 0.0809. The summed E-state index contributed by atoms with van der Waals surface area (Å²) in [6.07, 6.45) is -0.259. The normalized spacial score (nSPS) is 28.8. The van der Waals surface area contributed by atoms with Gasteiger partial charge in [-0.1, -0.05) is 6.58 Å². The number of hydrogen-bond donors (Lipinski definition) is 1. The first kappa shape index (κ1) is 11.6. The standard InChI is InChI=1S/C9H15F2NO2/c1-4-9(10,11)7(12)6-5-13-8(2,3)14-6/h4,6-7H,1,5,12H2,2-3H3. The van der Waals surface area contributed by atoms with E-state index < -0.39 is 23.9 Å². The molecule has 0 bridgehead atoms. The Kier molecular flexibility index (Phi) is 2.94. The van der Waals surface area contributed by atoms with Crippen molar-refractivity contribution in [3.05, 3.63) is 12.7 Å². The van der Waals surface area contributed by atoms with Gasteiger partial charge >= 0.3 is 0 Å². The highest BCUT2D eigenvalue weighted by Gasteiger charge is 2.45. The molecule has 0 amide bonds. The van der Waals surface area contributed by atoms with Gasteiger partial charge in [0.05, 0.1) is 6.61 Å². The fourth-order valence-electron chi connectivity index (χ4n) is 1.28. The lowest BCUT2D eigenvalue weighted by Gasteiger charge is -2.25. The summed E-state index contributed by atoms with van der Waals surface area (Å²) in [7, 11) is 0. The molecular formula is C9H15F2NO2. The van der Waals surface area contributed by atoms with Crippen LogP contribution in [0.2, 0.25) is 0 Å². The summed E-state index contributed by atoms with van der Waals surface area (Å²) < 4.78 is 36.5. The number of halogens is 2. The molecule has 2 N–H and O–H groups in total. The zero-order chi connectivity index (χ0) is 11.0. The molecule has 1 heterocycles. The highest BCUT2D eigenvalue weighted by atomic mass is 19.3. The van der Waals surface area contributed by atoms with Gasteiger partial charge in [-0.05, 0) is 19.9 Å². The molecule has 3 nitrogen and oxygen atoms in total. The van der Waals surface area contributed by atoms with Gasteiger partial charge in [0.25, 0.3) is 5.92 Å². The Balaban J connectivity index is 2.64. The van der Waals surface area contributed by atoms with Crippen molar-refractivity contribution in [2.45, 2.75) is 37.7 Å². The van der Waals surface area contributed by atoms with Crippen LogP contribution >= 0.6 is 0 Å². The molecule has 1 aliphatic heterocycles. The van der Waals surface area contributed by atoms with Gasteiger partial charge in [0.1, 0.15) is 12.1 Å². The average Bonchev–Trinajstić information content (AvgIpc) is 2.44. The number of alkyl halides is 2. The highest BCUT2D eigenvalue weighted by molar-refractivity contribution is 5.00. The monoisotopic (exact) mass is 207 g/mol. The Morgan fingerprint density at radius 2 is 2.21 bits per heavy atom. The Morgan fingerprint density at radius 3 is 2.57 bits per heavy atom. The van der Waals surface area contributed by atoms with E-state index in [0.29, 0.717) is 6.08 Å². The number of ether oxygens (including phenoxy) is 2. The second-order valence-corrected chi connectivity index (χ2v) is 3.77. The minimum Gasteiger partial charge on any atom is -0.348 e.